The van der Waals surface area contributed by atoms with Crippen molar-refractivity contribution >= 4 is 27.3 Å². The van der Waals surface area contributed by atoms with Crippen LogP contribution in [-0.2, 0) is 14.8 Å². The molecule has 4 nitrogen and oxygen atoms in total. The van der Waals surface area contributed by atoms with Crippen molar-refractivity contribution in [3.05, 3.63) is 28.2 Å². The highest BCUT2D eigenvalue weighted by atomic mass is 32.2. The molecule has 2 rings (SSSR count). The van der Waals surface area contributed by atoms with E-state index in [1.807, 2.05) is 13.8 Å². The minimum absolute atomic E-state index is 0.197. The number of carbonyl (C=O) groups excluding carboxylic acids is 1. The van der Waals surface area contributed by atoms with E-state index in [1.165, 1.54) is 28.5 Å². The molecule has 20 heavy (non-hydrogen) atoms. The minimum atomic E-state index is -3.72. The molecular formula is C14H19NO3S2. The molecule has 1 aliphatic carbocycles. The zero-order chi connectivity index (χ0) is 14.9. The third kappa shape index (κ3) is 3.30. The first-order valence-electron chi connectivity index (χ1n) is 6.58. The van der Waals surface area contributed by atoms with Crippen LogP contribution in [0.2, 0.25) is 0 Å². The molecule has 110 valence electrons. The van der Waals surface area contributed by atoms with E-state index in [0.29, 0.717) is 12.8 Å². The first kappa shape index (κ1) is 15.3. The Balaban J connectivity index is 2.09. The van der Waals surface area contributed by atoms with Gasteiger partial charge in [-0.1, -0.05) is 11.1 Å². The zero-order valence-corrected chi connectivity index (χ0v) is 13.5. The fourth-order valence-electron chi connectivity index (χ4n) is 2.30. The average Bonchev–Trinajstić information content (AvgIpc) is 2.79. The third-order valence-electron chi connectivity index (χ3n) is 3.74. The molecule has 0 fully saturated rings. The maximum atomic E-state index is 12.1. The average molecular weight is 313 g/mol. The second kappa shape index (κ2) is 5.69. The van der Waals surface area contributed by atoms with Gasteiger partial charge in [0.05, 0.1) is 0 Å². The molecule has 1 unspecified atom stereocenters. The van der Waals surface area contributed by atoms with Crippen LogP contribution in [0, 0.1) is 12.8 Å². The van der Waals surface area contributed by atoms with E-state index in [2.05, 4.69) is 11.6 Å². The van der Waals surface area contributed by atoms with E-state index >= 15 is 0 Å². The van der Waals surface area contributed by atoms with Gasteiger partial charge in [-0.3, -0.25) is 4.79 Å². The number of rotatable bonds is 3. The number of allylic oxidation sites excluding steroid dienone is 2. The highest BCUT2D eigenvalue weighted by Crippen LogP contribution is 2.29. The number of hydrogen-bond donors (Lipinski definition) is 1. The van der Waals surface area contributed by atoms with E-state index in [-0.39, 0.29) is 16.0 Å². The Morgan fingerprint density at radius 2 is 1.95 bits per heavy atom. The quantitative estimate of drug-likeness (QED) is 0.873. The number of hydrogen-bond acceptors (Lipinski definition) is 4. The predicted molar refractivity (Wildman–Crippen MR) is 80.1 cm³/mol. The smallest absolute Gasteiger partial charge is 0.273 e. The van der Waals surface area contributed by atoms with Crippen molar-refractivity contribution in [2.24, 2.45) is 5.92 Å². The molecule has 1 N–H and O–H groups in total. The van der Waals surface area contributed by atoms with Gasteiger partial charge in [0.15, 0.2) is 0 Å². The van der Waals surface area contributed by atoms with Gasteiger partial charge in [-0.05, 0) is 52.2 Å². The van der Waals surface area contributed by atoms with E-state index in [4.69, 9.17) is 0 Å². The number of sulfonamides is 1. The van der Waals surface area contributed by atoms with Crippen LogP contribution >= 0.6 is 11.3 Å². The van der Waals surface area contributed by atoms with Crippen LogP contribution < -0.4 is 4.72 Å². The highest BCUT2D eigenvalue weighted by Gasteiger charge is 2.27. The lowest BCUT2D eigenvalue weighted by Gasteiger charge is -2.23. The van der Waals surface area contributed by atoms with Crippen molar-refractivity contribution in [3.8, 4) is 0 Å². The number of nitrogens with one attached hydrogen (secondary N) is 1. The van der Waals surface area contributed by atoms with E-state index in [9.17, 15) is 13.2 Å². The van der Waals surface area contributed by atoms with E-state index in [0.717, 1.165) is 11.3 Å². The first-order valence-corrected chi connectivity index (χ1v) is 8.88. The molecule has 0 aliphatic heterocycles. The standard InChI is InChI=1S/C14H19NO3S2/c1-9-4-6-12(8-10(9)2)14(16)15-20(17,18)13-7-5-11(3)19-13/h5,7,12H,4,6,8H2,1-3H3,(H,15,16). The Labute approximate surface area is 123 Å². The fraction of sp³-hybridized carbons (Fsp3) is 0.500. The molecule has 1 aliphatic rings. The zero-order valence-electron chi connectivity index (χ0n) is 11.9. The predicted octanol–water partition coefficient (Wildman–Crippen LogP) is 3.00. The van der Waals surface area contributed by atoms with Crippen LogP contribution in [-0.4, -0.2) is 14.3 Å². The maximum Gasteiger partial charge on any atom is 0.273 e. The topological polar surface area (TPSA) is 63.2 Å². The lowest BCUT2D eigenvalue weighted by Crippen LogP contribution is -2.36. The maximum absolute atomic E-state index is 12.1. The molecule has 1 amide bonds. The summed E-state index contributed by atoms with van der Waals surface area (Å²) in [6, 6.07) is 3.27. The second-order valence-electron chi connectivity index (χ2n) is 5.34. The van der Waals surface area contributed by atoms with E-state index in [1.54, 1.807) is 6.07 Å². The van der Waals surface area contributed by atoms with Crippen molar-refractivity contribution in [2.75, 3.05) is 0 Å². The van der Waals surface area contributed by atoms with Crippen LogP contribution in [0.25, 0.3) is 0 Å². The van der Waals surface area contributed by atoms with Crippen molar-refractivity contribution in [2.45, 2.75) is 44.2 Å². The summed E-state index contributed by atoms with van der Waals surface area (Å²) >= 11 is 1.17. The molecule has 1 aromatic heterocycles. The lowest BCUT2D eigenvalue weighted by atomic mass is 9.85. The Morgan fingerprint density at radius 1 is 1.25 bits per heavy atom. The van der Waals surface area contributed by atoms with Gasteiger partial charge in [0.25, 0.3) is 10.0 Å². The van der Waals surface area contributed by atoms with Gasteiger partial charge >= 0.3 is 0 Å². The molecule has 0 aromatic carbocycles. The van der Waals surface area contributed by atoms with Gasteiger partial charge in [-0.15, -0.1) is 11.3 Å². The Morgan fingerprint density at radius 3 is 2.50 bits per heavy atom. The van der Waals surface area contributed by atoms with Gasteiger partial charge in [0.2, 0.25) is 5.91 Å². The summed E-state index contributed by atoms with van der Waals surface area (Å²) in [7, 11) is -3.72. The largest absolute Gasteiger partial charge is 0.274 e. The summed E-state index contributed by atoms with van der Waals surface area (Å²) < 4.78 is 26.6. The molecule has 0 bridgehead atoms. The summed E-state index contributed by atoms with van der Waals surface area (Å²) in [6.45, 7) is 5.91. The van der Waals surface area contributed by atoms with Crippen molar-refractivity contribution in [1.82, 2.24) is 4.72 Å². The monoisotopic (exact) mass is 313 g/mol. The van der Waals surface area contributed by atoms with E-state index < -0.39 is 10.0 Å². The first-order chi connectivity index (χ1) is 9.29. The molecule has 0 spiro atoms. The minimum Gasteiger partial charge on any atom is -0.274 e. The molecule has 0 radical (unpaired) electrons. The molecule has 0 saturated heterocycles. The lowest BCUT2D eigenvalue weighted by molar-refractivity contribution is -0.123. The van der Waals surface area contributed by atoms with Crippen LogP contribution in [0.15, 0.2) is 27.5 Å². The highest BCUT2D eigenvalue weighted by molar-refractivity contribution is 7.92. The Hall–Kier alpha value is -1.14. The summed E-state index contributed by atoms with van der Waals surface area (Å²) in [6.07, 6.45) is 2.23. The van der Waals surface area contributed by atoms with Crippen LogP contribution in [0.4, 0.5) is 0 Å². The summed E-state index contributed by atoms with van der Waals surface area (Å²) in [5.74, 6) is -0.627. The van der Waals surface area contributed by atoms with Crippen molar-refractivity contribution in [3.63, 3.8) is 0 Å². The molecular weight excluding hydrogens is 294 g/mol. The van der Waals surface area contributed by atoms with Gasteiger partial charge in [0.1, 0.15) is 4.21 Å². The van der Waals surface area contributed by atoms with Gasteiger partial charge in [0, 0.05) is 10.8 Å². The second-order valence-corrected chi connectivity index (χ2v) is 8.53. The van der Waals surface area contributed by atoms with Crippen molar-refractivity contribution < 1.29 is 13.2 Å². The van der Waals surface area contributed by atoms with Crippen LogP contribution in [0.3, 0.4) is 0 Å². The van der Waals surface area contributed by atoms with Gasteiger partial charge < -0.3 is 0 Å². The van der Waals surface area contributed by atoms with Gasteiger partial charge in [-0.2, -0.15) is 0 Å². The number of amides is 1. The molecule has 6 heteroatoms. The third-order valence-corrected chi connectivity index (χ3v) is 6.57. The Bertz CT molecular complexity index is 656. The fourth-order valence-corrected chi connectivity index (χ4v) is 4.62. The Kier molecular flexibility index (Phi) is 4.34. The van der Waals surface area contributed by atoms with Crippen LogP contribution in [0.1, 0.15) is 38.0 Å². The van der Waals surface area contributed by atoms with Crippen LogP contribution in [0.5, 0.6) is 0 Å². The summed E-state index contributed by atoms with van der Waals surface area (Å²) in [4.78, 5) is 13.0. The number of carbonyl (C=O) groups is 1. The van der Waals surface area contributed by atoms with Gasteiger partial charge in [-0.25, -0.2) is 13.1 Å². The number of aryl methyl sites for hydroxylation is 1. The molecule has 1 aromatic rings. The SMILES string of the molecule is CC1=C(C)CC(C(=O)NS(=O)(=O)c2ccc(C)s2)CC1. The summed E-state index contributed by atoms with van der Waals surface area (Å²) in [5.41, 5.74) is 2.51. The number of thiophene rings is 1. The molecule has 1 heterocycles. The molecule has 0 saturated carbocycles. The van der Waals surface area contributed by atoms with Crippen molar-refractivity contribution in [1.29, 1.82) is 0 Å². The molecule has 1 atom stereocenters. The normalized spacial score (nSPS) is 20.1. The summed E-state index contributed by atoms with van der Waals surface area (Å²) in [5, 5.41) is 0.